The smallest absolute Gasteiger partial charge is 0.223 e. The molecule has 1 amide bonds. The lowest BCUT2D eigenvalue weighted by Crippen LogP contribution is -2.28. The standard InChI is InChI=1S/C16H20N2O2/c1-20-7-6-18-11-13(10-16(18)19)8-12-2-3-14-4-5-17-15(14)9-12/h2-5,9,13,17H,6-8,10-11H2,1H3. The summed E-state index contributed by atoms with van der Waals surface area (Å²) in [4.78, 5) is 17.1. The Morgan fingerprint density at radius 3 is 3.15 bits per heavy atom. The number of fused-ring (bicyclic) bond motifs is 1. The average molecular weight is 272 g/mol. The molecule has 1 aliphatic heterocycles. The Balaban J connectivity index is 1.64. The number of rotatable bonds is 5. The molecule has 3 rings (SSSR count). The molecule has 1 N–H and O–H groups in total. The maximum atomic E-state index is 11.9. The number of nitrogens with one attached hydrogen (secondary N) is 1. The van der Waals surface area contributed by atoms with Crippen LogP contribution < -0.4 is 0 Å². The first-order valence-corrected chi connectivity index (χ1v) is 7.09. The highest BCUT2D eigenvalue weighted by Gasteiger charge is 2.29. The number of likely N-dealkylation sites (tertiary alicyclic amines) is 1. The summed E-state index contributed by atoms with van der Waals surface area (Å²) in [6.07, 6.45) is 3.58. The Kier molecular flexibility index (Phi) is 3.74. The molecule has 2 heterocycles. The Labute approximate surface area is 118 Å². The van der Waals surface area contributed by atoms with E-state index in [1.807, 2.05) is 11.1 Å². The quantitative estimate of drug-likeness (QED) is 0.907. The second kappa shape index (κ2) is 5.67. The Hall–Kier alpha value is -1.81. The normalized spacial score (nSPS) is 19.1. The summed E-state index contributed by atoms with van der Waals surface area (Å²) in [5.41, 5.74) is 2.47. The molecule has 1 aromatic carbocycles. The van der Waals surface area contributed by atoms with Gasteiger partial charge in [0, 0.05) is 38.3 Å². The SMILES string of the molecule is COCCN1CC(Cc2ccc3cc[nH]c3c2)CC1=O. The number of H-pyrrole nitrogens is 1. The first-order chi connectivity index (χ1) is 9.76. The zero-order valence-electron chi connectivity index (χ0n) is 11.8. The lowest BCUT2D eigenvalue weighted by Gasteiger charge is -2.15. The lowest BCUT2D eigenvalue weighted by atomic mass is 9.98. The van der Waals surface area contributed by atoms with Gasteiger partial charge in [-0.15, -0.1) is 0 Å². The topological polar surface area (TPSA) is 45.3 Å². The largest absolute Gasteiger partial charge is 0.383 e. The van der Waals surface area contributed by atoms with E-state index in [2.05, 4.69) is 29.2 Å². The van der Waals surface area contributed by atoms with Crippen LogP contribution in [-0.2, 0) is 16.0 Å². The molecular formula is C16H20N2O2. The van der Waals surface area contributed by atoms with E-state index in [0.29, 0.717) is 25.5 Å². The van der Waals surface area contributed by atoms with E-state index in [0.717, 1.165) is 13.0 Å². The number of benzene rings is 1. The number of methoxy groups -OCH3 is 1. The number of carbonyl (C=O) groups is 1. The van der Waals surface area contributed by atoms with Crippen LogP contribution in [0.25, 0.3) is 10.9 Å². The molecule has 1 aliphatic rings. The van der Waals surface area contributed by atoms with Crippen LogP contribution in [-0.4, -0.2) is 42.6 Å². The number of amides is 1. The van der Waals surface area contributed by atoms with Crippen LogP contribution >= 0.6 is 0 Å². The third kappa shape index (κ3) is 2.70. The van der Waals surface area contributed by atoms with Crippen LogP contribution in [0.3, 0.4) is 0 Å². The zero-order chi connectivity index (χ0) is 13.9. The maximum absolute atomic E-state index is 11.9. The molecular weight excluding hydrogens is 252 g/mol. The minimum atomic E-state index is 0.257. The van der Waals surface area contributed by atoms with Crippen LogP contribution in [0.5, 0.6) is 0 Å². The number of ether oxygens (including phenoxy) is 1. The number of nitrogens with zero attached hydrogens (tertiary/aromatic N) is 1. The van der Waals surface area contributed by atoms with E-state index in [-0.39, 0.29) is 5.91 Å². The van der Waals surface area contributed by atoms with Crippen LogP contribution in [0.4, 0.5) is 0 Å². The molecule has 1 atom stereocenters. The van der Waals surface area contributed by atoms with Crippen molar-refractivity contribution in [2.24, 2.45) is 5.92 Å². The molecule has 20 heavy (non-hydrogen) atoms. The molecule has 4 heteroatoms. The van der Waals surface area contributed by atoms with Crippen LogP contribution in [0.2, 0.25) is 0 Å². The summed E-state index contributed by atoms with van der Waals surface area (Å²) < 4.78 is 5.05. The summed E-state index contributed by atoms with van der Waals surface area (Å²) in [5, 5.41) is 1.23. The van der Waals surface area contributed by atoms with Gasteiger partial charge in [-0.05, 0) is 35.4 Å². The summed E-state index contributed by atoms with van der Waals surface area (Å²) >= 11 is 0. The minimum Gasteiger partial charge on any atom is -0.383 e. The molecule has 0 spiro atoms. The second-order valence-corrected chi connectivity index (χ2v) is 5.51. The average Bonchev–Trinajstić information content (AvgIpc) is 3.03. The van der Waals surface area contributed by atoms with E-state index < -0.39 is 0 Å². The summed E-state index contributed by atoms with van der Waals surface area (Å²) in [6.45, 7) is 2.18. The third-order valence-corrected chi connectivity index (χ3v) is 4.00. The van der Waals surface area contributed by atoms with E-state index >= 15 is 0 Å². The summed E-state index contributed by atoms with van der Waals surface area (Å²) in [5.74, 6) is 0.680. The fraction of sp³-hybridized carbons (Fsp3) is 0.438. The van der Waals surface area contributed by atoms with Gasteiger partial charge in [-0.2, -0.15) is 0 Å². The predicted molar refractivity (Wildman–Crippen MR) is 78.6 cm³/mol. The molecule has 0 radical (unpaired) electrons. The molecule has 106 valence electrons. The number of aromatic nitrogens is 1. The number of aromatic amines is 1. The van der Waals surface area contributed by atoms with Crippen molar-refractivity contribution in [2.45, 2.75) is 12.8 Å². The number of hydrogen-bond acceptors (Lipinski definition) is 2. The Morgan fingerprint density at radius 1 is 1.40 bits per heavy atom. The van der Waals surface area contributed by atoms with E-state index in [9.17, 15) is 4.79 Å². The molecule has 1 aromatic heterocycles. The zero-order valence-corrected chi connectivity index (χ0v) is 11.8. The van der Waals surface area contributed by atoms with E-state index in [4.69, 9.17) is 4.74 Å². The fourth-order valence-corrected chi connectivity index (χ4v) is 2.96. The van der Waals surface area contributed by atoms with Crippen molar-refractivity contribution in [3.05, 3.63) is 36.0 Å². The molecule has 0 bridgehead atoms. The molecule has 0 aliphatic carbocycles. The van der Waals surface area contributed by atoms with Crippen molar-refractivity contribution in [1.82, 2.24) is 9.88 Å². The van der Waals surface area contributed by atoms with Crippen molar-refractivity contribution >= 4 is 16.8 Å². The molecule has 1 fully saturated rings. The summed E-state index contributed by atoms with van der Waals surface area (Å²) in [6, 6.07) is 8.57. The van der Waals surface area contributed by atoms with Crippen molar-refractivity contribution in [3.63, 3.8) is 0 Å². The maximum Gasteiger partial charge on any atom is 0.223 e. The van der Waals surface area contributed by atoms with Gasteiger partial charge in [-0.3, -0.25) is 4.79 Å². The molecule has 1 unspecified atom stereocenters. The van der Waals surface area contributed by atoms with Crippen molar-refractivity contribution in [2.75, 3.05) is 26.8 Å². The van der Waals surface area contributed by atoms with Crippen LogP contribution in [0.1, 0.15) is 12.0 Å². The van der Waals surface area contributed by atoms with E-state index in [1.165, 1.54) is 16.5 Å². The van der Waals surface area contributed by atoms with Gasteiger partial charge >= 0.3 is 0 Å². The second-order valence-electron chi connectivity index (χ2n) is 5.51. The van der Waals surface area contributed by atoms with Gasteiger partial charge in [-0.1, -0.05) is 12.1 Å². The monoisotopic (exact) mass is 272 g/mol. The van der Waals surface area contributed by atoms with Crippen molar-refractivity contribution < 1.29 is 9.53 Å². The molecule has 1 saturated heterocycles. The van der Waals surface area contributed by atoms with Crippen molar-refractivity contribution in [3.8, 4) is 0 Å². The third-order valence-electron chi connectivity index (χ3n) is 4.00. The highest BCUT2D eigenvalue weighted by Crippen LogP contribution is 2.23. The minimum absolute atomic E-state index is 0.257. The summed E-state index contributed by atoms with van der Waals surface area (Å²) in [7, 11) is 1.67. The number of carbonyl (C=O) groups excluding carboxylic acids is 1. The van der Waals surface area contributed by atoms with Crippen molar-refractivity contribution in [1.29, 1.82) is 0 Å². The van der Waals surface area contributed by atoms with Crippen LogP contribution in [0.15, 0.2) is 30.5 Å². The van der Waals surface area contributed by atoms with Gasteiger partial charge in [0.1, 0.15) is 0 Å². The lowest BCUT2D eigenvalue weighted by molar-refractivity contribution is -0.128. The van der Waals surface area contributed by atoms with Gasteiger partial charge < -0.3 is 14.6 Å². The Bertz CT molecular complexity index is 605. The fourth-order valence-electron chi connectivity index (χ4n) is 2.96. The van der Waals surface area contributed by atoms with Gasteiger partial charge in [-0.25, -0.2) is 0 Å². The van der Waals surface area contributed by atoms with Gasteiger partial charge in [0.05, 0.1) is 6.61 Å². The van der Waals surface area contributed by atoms with Gasteiger partial charge in [0.15, 0.2) is 0 Å². The number of hydrogen-bond donors (Lipinski definition) is 1. The first kappa shape index (κ1) is 13.2. The first-order valence-electron chi connectivity index (χ1n) is 7.09. The molecule has 2 aromatic rings. The van der Waals surface area contributed by atoms with Gasteiger partial charge in [0.25, 0.3) is 0 Å². The van der Waals surface area contributed by atoms with E-state index in [1.54, 1.807) is 7.11 Å². The van der Waals surface area contributed by atoms with Crippen LogP contribution in [0, 0.1) is 5.92 Å². The Morgan fingerprint density at radius 2 is 2.30 bits per heavy atom. The van der Waals surface area contributed by atoms with Gasteiger partial charge in [0.2, 0.25) is 5.91 Å². The molecule has 4 nitrogen and oxygen atoms in total. The molecule has 0 saturated carbocycles. The highest BCUT2D eigenvalue weighted by atomic mass is 16.5. The highest BCUT2D eigenvalue weighted by molar-refractivity contribution is 5.80. The predicted octanol–water partition coefficient (Wildman–Crippen LogP) is 2.21.